The molecule has 0 bridgehead atoms. The highest BCUT2D eigenvalue weighted by Crippen LogP contribution is 2.19. The highest BCUT2D eigenvalue weighted by Gasteiger charge is 2.29. The number of unbranched alkanes of at least 4 members (excludes halogenated alkanes) is 3. The molecule has 3 aromatic carbocycles. The van der Waals surface area contributed by atoms with E-state index in [-0.39, 0.29) is 17.5 Å². The first-order valence-electron chi connectivity index (χ1n) is 14.1. The molecule has 0 aliphatic rings. The summed E-state index contributed by atoms with van der Waals surface area (Å²) in [5.74, 6) is -0.882. The van der Waals surface area contributed by atoms with Gasteiger partial charge in [0, 0.05) is 0 Å². The van der Waals surface area contributed by atoms with Gasteiger partial charge in [-0.05, 0) is 64.1 Å². The van der Waals surface area contributed by atoms with Gasteiger partial charge in [-0.1, -0.05) is 69.0 Å². The maximum Gasteiger partial charge on any atom is 0.122 e. The Labute approximate surface area is 223 Å². The summed E-state index contributed by atoms with van der Waals surface area (Å²) in [5.41, 5.74) is 2.95. The van der Waals surface area contributed by atoms with Gasteiger partial charge >= 0.3 is 0 Å². The van der Waals surface area contributed by atoms with E-state index in [4.69, 9.17) is 0 Å². The molecular formula is C32H45BF3N. The van der Waals surface area contributed by atoms with Gasteiger partial charge in [-0.2, -0.15) is 22.7 Å². The number of benzene rings is 3. The molecule has 0 fully saturated rings. The molecule has 0 atom stereocenters. The van der Waals surface area contributed by atoms with Crippen LogP contribution in [-0.2, 0) is 0 Å². The molecule has 0 heterocycles. The zero-order valence-corrected chi connectivity index (χ0v) is 23.5. The van der Waals surface area contributed by atoms with E-state index < -0.39 is 6.15 Å². The lowest BCUT2D eigenvalue weighted by molar-refractivity contribution is -0.921. The predicted molar refractivity (Wildman–Crippen MR) is 155 cm³/mol. The Hall–Kier alpha value is -2.53. The molecule has 5 heteroatoms. The third kappa shape index (κ3) is 7.98. The standard InChI is InChI=1S/C24H25BF3.C8H20N/c1-2-3-4-5-18-25(19-6-12-22(26)13-7-19,20-8-14-23(27)15-9-20)21-10-16-24(28)17-11-21;1-5-9(6-2,7-3)8-4/h6-17H,2-5,18H2,1H3;5-8H2,1-4H3/q-1;+1. The first-order chi connectivity index (χ1) is 17.8. The van der Waals surface area contributed by atoms with Gasteiger partial charge < -0.3 is 4.48 Å². The van der Waals surface area contributed by atoms with E-state index in [0.717, 1.165) is 48.4 Å². The van der Waals surface area contributed by atoms with Crippen molar-refractivity contribution in [3.05, 3.63) is 90.2 Å². The Morgan fingerprint density at radius 1 is 0.486 bits per heavy atom. The summed E-state index contributed by atoms with van der Waals surface area (Å²) < 4.78 is 42.2. The number of quaternary nitrogens is 1. The second kappa shape index (κ2) is 15.0. The van der Waals surface area contributed by atoms with Crippen LogP contribution < -0.4 is 16.4 Å². The van der Waals surface area contributed by atoms with E-state index >= 15 is 0 Å². The van der Waals surface area contributed by atoms with Gasteiger partial charge in [0.15, 0.2) is 0 Å². The summed E-state index contributed by atoms with van der Waals surface area (Å²) in [6, 6.07) is 19.6. The molecule has 3 rings (SSSR count). The molecule has 0 saturated heterocycles. The number of halogens is 3. The van der Waals surface area contributed by atoms with E-state index in [0.29, 0.717) is 0 Å². The van der Waals surface area contributed by atoms with E-state index in [1.807, 2.05) is 36.4 Å². The van der Waals surface area contributed by atoms with E-state index in [1.165, 1.54) is 67.1 Å². The van der Waals surface area contributed by atoms with Crippen LogP contribution in [0.25, 0.3) is 0 Å². The summed E-state index contributed by atoms with van der Waals surface area (Å²) in [4.78, 5) is 0. The Morgan fingerprint density at radius 2 is 0.811 bits per heavy atom. The van der Waals surface area contributed by atoms with Crippen LogP contribution in [0.15, 0.2) is 72.8 Å². The minimum absolute atomic E-state index is 0.294. The van der Waals surface area contributed by atoms with Gasteiger partial charge in [-0.25, -0.2) is 13.2 Å². The smallest absolute Gasteiger partial charge is 0.122 e. The molecule has 1 nitrogen and oxygen atoms in total. The van der Waals surface area contributed by atoms with Crippen molar-refractivity contribution in [1.29, 1.82) is 0 Å². The minimum Gasteiger partial charge on any atom is -0.325 e. The average molecular weight is 512 g/mol. The van der Waals surface area contributed by atoms with Crippen molar-refractivity contribution in [3.8, 4) is 0 Å². The zero-order valence-electron chi connectivity index (χ0n) is 23.5. The average Bonchev–Trinajstić information content (AvgIpc) is 2.93. The fourth-order valence-electron chi connectivity index (χ4n) is 5.67. The normalized spacial score (nSPS) is 11.7. The largest absolute Gasteiger partial charge is 0.325 e. The van der Waals surface area contributed by atoms with Gasteiger partial charge in [0.25, 0.3) is 0 Å². The van der Waals surface area contributed by atoms with E-state index in [9.17, 15) is 13.2 Å². The van der Waals surface area contributed by atoms with Crippen LogP contribution in [0.3, 0.4) is 0 Å². The summed E-state index contributed by atoms with van der Waals surface area (Å²) in [6.07, 6.45) is 3.71. The second-order valence-corrected chi connectivity index (χ2v) is 10.2. The Bertz CT molecular complexity index is 901. The molecule has 0 radical (unpaired) electrons. The molecule has 3 aromatic rings. The monoisotopic (exact) mass is 511 g/mol. The lowest BCUT2D eigenvalue weighted by atomic mass is 9.14. The molecule has 0 amide bonds. The SMILES string of the molecule is CCCCCC[B-](c1ccc(F)cc1)(c1ccc(F)cc1)c1ccc(F)cc1.CC[N+](CC)(CC)CC. The maximum absolute atomic E-state index is 13.6. The molecule has 0 aromatic heterocycles. The maximum atomic E-state index is 13.6. The van der Waals surface area contributed by atoms with E-state index in [1.54, 1.807) is 0 Å². The molecule has 0 unspecified atom stereocenters. The lowest BCUT2D eigenvalue weighted by Crippen LogP contribution is -2.67. The third-order valence-electron chi connectivity index (χ3n) is 8.49. The minimum atomic E-state index is -1.47. The summed E-state index contributed by atoms with van der Waals surface area (Å²) >= 11 is 0. The van der Waals surface area contributed by atoms with Crippen LogP contribution in [0.2, 0.25) is 6.32 Å². The van der Waals surface area contributed by atoms with Crippen LogP contribution in [0.4, 0.5) is 13.2 Å². The molecule has 0 aliphatic carbocycles. The first-order valence-corrected chi connectivity index (χ1v) is 14.1. The van der Waals surface area contributed by atoms with Crippen LogP contribution in [0.5, 0.6) is 0 Å². The molecule has 0 spiro atoms. The summed E-state index contributed by atoms with van der Waals surface area (Å²) in [6.45, 7) is 16.4. The third-order valence-corrected chi connectivity index (χ3v) is 8.49. The number of rotatable bonds is 12. The van der Waals surface area contributed by atoms with Crippen molar-refractivity contribution < 1.29 is 17.7 Å². The second-order valence-electron chi connectivity index (χ2n) is 10.2. The van der Waals surface area contributed by atoms with Crippen LogP contribution in [0, 0.1) is 17.5 Å². The molecule has 37 heavy (non-hydrogen) atoms. The molecule has 202 valence electrons. The molecular weight excluding hydrogens is 466 g/mol. The number of nitrogens with zero attached hydrogens (tertiary/aromatic N) is 1. The fourth-order valence-corrected chi connectivity index (χ4v) is 5.67. The lowest BCUT2D eigenvalue weighted by Gasteiger charge is -2.43. The topological polar surface area (TPSA) is 0 Å². The Kier molecular flexibility index (Phi) is 12.5. The highest BCUT2D eigenvalue weighted by atomic mass is 19.1. The zero-order chi connectivity index (χ0) is 27.3. The summed E-state index contributed by atoms with van der Waals surface area (Å²) in [7, 11) is 0. The van der Waals surface area contributed by atoms with Crippen molar-refractivity contribution in [1.82, 2.24) is 0 Å². The van der Waals surface area contributed by atoms with E-state index in [2.05, 4.69) is 34.6 Å². The molecule has 0 saturated carbocycles. The predicted octanol–water partition coefficient (Wildman–Crippen LogP) is 7.04. The van der Waals surface area contributed by atoms with Crippen LogP contribution in [-0.4, -0.2) is 36.8 Å². The number of hydrogen-bond acceptors (Lipinski definition) is 0. The van der Waals surface area contributed by atoms with Crippen molar-refractivity contribution in [2.45, 2.75) is 66.6 Å². The van der Waals surface area contributed by atoms with Crippen LogP contribution >= 0.6 is 0 Å². The first kappa shape index (κ1) is 30.7. The van der Waals surface area contributed by atoms with Gasteiger partial charge in [-0.3, -0.25) is 0 Å². The number of hydrogen-bond donors (Lipinski definition) is 0. The van der Waals surface area contributed by atoms with Gasteiger partial charge in [0.05, 0.1) is 32.3 Å². The summed E-state index contributed by atoms with van der Waals surface area (Å²) in [5, 5.41) is 0. The van der Waals surface area contributed by atoms with Crippen molar-refractivity contribution in [2.75, 3.05) is 26.2 Å². The quantitative estimate of drug-likeness (QED) is 0.139. The van der Waals surface area contributed by atoms with Crippen LogP contribution in [0.1, 0.15) is 60.3 Å². The molecule has 0 aliphatic heterocycles. The van der Waals surface area contributed by atoms with Gasteiger partial charge in [-0.15, -0.1) is 0 Å². The van der Waals surface area contributed by atoms with Gasteiger partial charge in [0.1, 0.15) is 17.5 Å². The molecule has 0 N–H and O–H groups in total. The fraction of sp³-hybridized carbons (Fsp3) is 0.438. The highest BCUT2D eigenvalue weighted by molar-refractivity contribution is 7.11. The van der Waals surface area contributed by atoms with Gasteiger partial charge in [0.2, 0.25) is 0 Å². The van der Waals surface area contributed by atoms with Crippen molar-refractivity contribution in [3.63, 3.8) is 0 Å². The van der Waals surface area contributed by atoms with Crippen molar-refractivity contribution in [2.24, 2.45) is 0 Å². The van der Waals surface area contributed by atoms with Crippen molar-refractivity contribution >= 4 is 22.5 Å². The Morgan fingerprint density at radius 3 is 1.05 bits per heavy atom. The Balaban J connectivity index is 0.000000458.